The fourth-order valence-corrected chi connectivity index (χ4v) is 7.18. The highest BCUT2D eigenvalue weighted by molar-refractivity contribution is 7.88. The molecule has 43 heavy (non-hydrogen) atoms. The van der Waals surface area contributed by atoms with Crippen LogP contribution >= 0.6 is 11.6 Å². The van der Waals surface area contributed by atoms with Gasteiger partial charge in [-0.05, 0) is 76.2 Å². The molecule has 238 valence electrons. The van der Waals surface area contributed by atoms with Gasteiger partial charge in [0.15, 0.2) is 0 Å². The number of amides is 1. The predicted octanol–water partition coefficient (Wildman–Crippen LogP) is 4.76. The van der Waals surface area contributed by atoms with Gasteiger partial charge in [0.05, 0.1) is 18.5 Å². The molecule has 3 aliphatic rings. The molecule has 0 spiro atoms. The molecule has 2 aromatic rings. The van der Waals surface area contributed by atoms with Crippen molar-refractivity contribution in [2.75, 3.05) is 51.3 Å². The summed E-state index contributed by atoms with van der Waals surface area (Å²) in [6, 6.07) is 8.29. The second-order valence-corrected chi connectivity index (χ2v) is 14.0. The Balaban J connectivity index is 0.00000207. The monoisotopic (exact) mass is 634 g/mol. The third kappa shape index (κ3) is 8.45. The number of ether oxygens (including phenoxy) is 1. The Morgan fingerprint density at radius 1 is 1.02 bits per heavy atom. The van der Waals surface area contributed by atoms with Crippen LogP contribution in [-0.2, 0) is 14.8 Å². The molecule has 1 amide bonds. The average molecular weight is 635 g/mol. The fraction of sp³-hybridized carbons (Fsp3) is 0.645. The maximum absolute atomic E-state index is 13.4. The summed E-state index contributed by atoms with van der Waals surface area (Å²) in [6.07, 6.45) is 8.22. The van der Waals surface area contributed by atoms with E-state index in [2.05, 4.69) is 20.2 Å². The van der Waals surface area contributed by atoms with Crippen LogP contribution in [0.2, 0.25) is 5.02 Å². The van der Waals surface area contributed by atoms with E-state index in [1.807, 2.05) is 49.9 Å². The first kappa shape index (κ1) is 33.6. The van der Waals surface area contributed by atoms with Crippen molar-refractivity contribution in [1.82, 2.24) is 24.1 Å². The van der Waals surface area contributed by atoms with Gasteiger partial charge < -0.3 is 19.9 Å². The van der Waals surface area contributed by atoms with Gasteiger partial charge in [-0.2, -0.15) is 0 Å². The lowest BCUT2D eigenvalue weighted by Crippen LogP contribution is -2.52. The van der Waals surface area contributed by atoms with Gasteiger partial charge in [-0.1, -0.05) is 37.6 Å². The summed E-state index contributed by atoms with van der Waals surface area (Å²) in [7, 11) is -1.49. The Hall–Kier alpha value is -2.31. The summed E-state index contributed by atoms with van der Waals surface area (Å²) in [5, 5.41) is 4.11. The lowest BCUT2D eigenvalue weighted by atomic mass is 9.97. The van der Waals surface area contributed by atoms with E-state index in [4.69, 9.17) is 16.3 Å². The number of halogens is 1. The number of anilines is 1. The van der Waals surface area contributed by atoms with Crippen LogP contribution < -0.4 is 5.32 Å². The van der Waals surface area contributed by atoms with Crippen LogP contribution in [0.25, 0.3) is 0 Å². The van der Waals surface area contributed by atoms with Crippen molar-refractivity contribution in [2.24, 2.45) is 0 Å². The molecule has 1 aromatic heterocycles. The smallest absolute Gasteiger partial charge is 0.272 e. The van der Waals surface area contributed by atoms with E-state index in [-0.39, 0.29) is 24.2 Å². The number of sulfonamides is 1. The summed E-state index contributed by atoms with van der Waals surface area (Å²) in [5.74, 6) is 0.610. The fourth-order valence-electron chi connectivity index (χ4n) is 6.30. The van der Waals surface area contributed by atoms with E-state index in [0.29, 0.717) is 37.2 Å². The van der Waals surface area contributed by atoms with Crippen LogP contribution in [-0.4, -0.2) is 103 Å². The standard InChI is InChI=1S/C29H41ClN6O4S.C2H6/c1-20-27(32-19-33-28(20)31-18-25-8-9-26(40-25)21-4-6-22(30)7-5-21)29(37)36-16-12-24(13-17-36)35-14-10-23(11-15-35)34(2)41(3,38)39;1-2/h4-7,19,23-26H,8-18H2,1-3H3,(H,31,32,33);1-2H3. The lowest BCUT2D eigenvalue weighted by Gasteiger charge is -2.43. The van der Waals surface area contributed by atoms with Gasteiger partial charge in [-0.15, -0.1) is 0 Å². The number of hydrogen-bond acceptors (Lipinski definition) is 8. The minimum atomic E-state index is -3.17. The number of likely N-dealkylation sites (tertiary alicyclic amines) is 2. The van der Waals surface area contributed by atoms with Crippen LogP contribution in [0.1, 0.15) is 80.1 Å². The van der Waals surface area contributed by atoms with Gasteiger partial charge in [0, 0.05) is 49.4 Å². The first-order chi connectivity index (χ1) is 20.6. The Morgan fingerprint density at radius 3 is 2.30 bits per heavy atom. The minimum Gasteiger partial charge on any atom is -0.368 e. The van der Waals surface area contributed by atoms with Crippen molar-refractivity contribution in [3.63, 3.8) is 0 Å². The topological polar surface area (TPSA) is 108 Å². The highest BCUT2D eigenvalue weighted by Gasteiger charge is 2.33. The highest BCUT2D eigenvalue weighted by atomic mass is 35.5. The van der Waals surface area contributed by atoms with Crippen LogP contribution in [0.4, 0.5) is 5.82 Å². The number of rotatable bonds is 8. The van der Waals surface area contributed by atoms with Gasteiger partial charge >= 0.3 is 0 Å². The molecule has 1 aromatic carbocycles. The lowest BCUT2D eigenvalue weighted by molar-refractivity contribution is 0.0521. The number of nitrogens with zero attached hydrogens (tertiary/aromatic N) is 5. The van der Waals surface area contributed by atoms with Gasteiger partial charge in [0.25, 0.3) is 5.91 Å². The summed E-state index contributed by atoms with van der Waals surface area (Å²) < 4.78 is 31.6. The number of carbonyl (C=O) groups is 1. The SMILES string of the molecule is CC.Cc1c(NCC2CCC(c3ccc(Cl)cc3)O2)ncnc1C(=O)N1CCC(N2CCC(N(C)S(C)(=O)=O)CC2)CC1. The maximum Gasteiger partial charge on any atom is 0.272 e. The minimum absolute atomic E-state index is 0.0556. The molecule has 3 aliphatic heterocycles. The Morgan fingerprint density at radius 2 is 1.67 bits per heavy atom. The van der Waals surface area contributed by atoms with Crippen LogP contribution in [0.15, 0.2) is 30.6 Å². The molecule has 0 bridgehead atoms. The second kappa shape index (κ2) is 15.1. The zero-order chi connectivity index (χ0) is 31.1. The zero-order valence-electron chi connectivity index (χ0n) is 26.1. The Kier molecular flexibility index (Phi) is 11.8. The molecule has 0 radical (unpaired) electrons. The molecule has 10 nitrogen and oxygen atoms in total. The summed E-state index contributed by atoms with van der Waals surface area (Å²) in [4.78, 5) is 26.6. The van der Waals surface area contributed by atoms with Crippen molar-refractivity contribution in [3.05, 3.63) is 52.4 Å². The van der Waals surface area contributed by atoms with E-state index in [0.717, 1.165) is 67.8 Å². The normalized spacial score (nSPS) is 22.3. The summed E-state index contributed by atoms with van der Waals surface area (Å²) in [5.41, 5.74) is 2.33. The van der Waals surface area contributed by atoms with Crippen LogP contribution in [0.5, 0.6) is 0 Å². The molecule has 5 rings (SSSR count). The van der Waals surface area contributed by atoms with Crippen LogP contribution in [0, 0.1) is 6.92 Å². The quantitative estimate of drug-likeness (QED) is 0.443. The van der Waals surface area contributed by atoms with Gasteiger partial charge in [0.2, 0.25) is 10.0 Å². The highest BCUT2D eigenvalue weighted by Crippen LogP contribution is 2.33. The molecule has 2 unspecified atom stereocenters. The van der Waals surface area contributed by atoms with Crippen LogP contribution in [0.3, 0.4) is 0 Å². The second-order valence-electron chi connectivity index (χ2n) is 11.5. The molecule has 4 heterocycles. The number of piperidine rings is 2. The van der Waals surface area contributed by atoms with Gasteiger partial charge in [-0.3, -0.25) is 4.79 Å². The molecule has 12 heteroatoms. The molecule has 2 atom stereocenters. The zero-order valence-corrected chi connectivity index (χ0v) is 27.7. The third-order valence-corrected chi connectivity index (χ3v) is 10.5. The number of nitrogens with one attached hydrogen (secondary N) is 1. The number of aromatic nitrogens is 2. The van der Waals surface area contributed by atoms with E-state index in [1.54, 1.807) is 7.05 Å². The predicted molar refractivity (Wildman–Crippen MR) is 171 cm³/mol. The number of carbonyl (C=O) groups excluding carboxylic acids is 1. The molecule has 0 saturated carbocycles. The molecular formula is C31H47ClN6O4S. The van der Waals surface area contributed by atoms with Crippen molar-refractivity contribution < 1.29 is 17.9 Å². The summed E-state index contributed by atoms with van der Waals surface area (Å²) in [6.45, 7) is 9.63. The molecular weight excluding hydrogens is 588 g/mol. The van der Waals surface area contributed by atoms with E-state index in [1.165, 1.54) is 16.9 Å². The number of benzene rings is 1. The Labute approximate surface area is 262 Å². The number of hydrogen-bond donors (Lipinski definition) is 1. The maximum atomic E-state index is 13.4. The average Bonchev–Trinajstić information content (AvgIpc) is 3.50. The van der Waals surface area contributed by atoms with E-state index >= 15 is 0 Å². The van der Waals surface area contributed by atoms with Crippen molar-refractivity contribution in [3.8, 4) is 0 Å². The van der Waals surface area contributed by atoms with Crippen molar-refractivity contribution >= 4 is 33.3 Å². The first-order valence-electron chi connectivity index (χ1n) is 15.5. The Bertz CT molecular complexity index is 1310. The van der Waals surface area contributed by atoms with Crippen molar-refractivity contribution in [1.29, 1.82) is 0 Å². The van der Waals surface area contributed by atoms with Gasteiger partial charge in [-0.25, -0.2) is 22.7 Å². The largest absolute Gasteiger partial charge is 0.368 e. The molecule has 1 N–H and O–H groups in total. The molecule has 3 fully saturated rings. The van der Waals surface area contributed by atoms with Crippen molar-refractivity contribution in [2.45, 2.75) is 83.6 Å². The van der Waals surface area contributed by atoms with Gasteiger partial charge in [0.1, 0.15) is 17.8 Å². The van der Waals surface area contributed by atoms with E-state index < -0.39 is 10.0 Å². The van der Waals surface area contributed by atoms with E-state index in [9.17, 15) is 13.2 Å². The first-order valence-corrected chi connectivity index (χ1v) is 17.8. The summed E-state index contributed by atoms with van der Waals surface area (Å²) >= 11 is 6.02. The molecule has 3 saturated heterocycles. The third-order valence-electron chi connectivity index (χ3n) is 8.94. The molecule has 0 aliphatic carbocycles.